The SMILES string of the molecule is CC(C)[Si](c1ccc(BOC(C)(C)C(C)(C)O)s1)(C(C)C)C(C)C. The maximum absolute atomic E-state index is 10.3. The van der Waals surface area contributed by atoms with E-state index in [9.17, 15) is 5.11 Å². The van der Waals surface area contributed by atoms with Crippen LogP contribution in [0.4, 0.5) is 0 Å². The normalized spacial score (nSPS) is 14.1. The van der Waals surface area contributed by atoms with Crippen molar-refractivity contribution in [3.63, 3.8) is 0 Å². The Kier molecular flexibility index (Phi) is 6.99. The van der Waals surface area contributed by atoms with Gasteiger partial charge in [0.2, 0.25) is 0 Å². The lowest BCUT2D eigenvalue weighted by molar-refractivity contribution is -0.0892. The first-order valence-electron chi connectivity index (χ1n) is 9.22. The standard InChI is InChI=1S/C19H37BO2SSi/c1-13(2)24(14(3)4,15(5)6)17-12-11-16(23-17)20-22-19(9,10)18(7,8)21/h11-15,20-21H,1-10H3. The van der Waals surface area contributed by atoms with Crippen LogP contribution in [0.1, 0.15) is 69.2 Å². The molecule has 0 atom stereocenters. The van der Waals surface area contributed by atoms with Gasteiger partial charge in [-0.3, -0.25) is 0 Å². The number of rotatable bonds is 8. The van der Waals surface area contributed by atoms with Gasteiger partial charge in [0, 0.05) is 4.78 Å². The molecule has 0 unspecified atom stereocenters. The Morgan fingerprint density at radius 3 is 1.79 bits per heavy atom. The van der Waals surface area contributed by atoms with Crippen LogP contribution in [0.15, 0.2) is 12.1 Å². The van der Waals surface area contributed by atoms with Crippen LogP contribution in [0, 0.1) is 0 Å². The van der Waals surface area contributed by atoms with Crippen LogP contribution in [-0.2, 0) is 4.65 Å². The predicted molar refractivity (Wildman–Crippen MR) is 113 cm³/mol. The molecule has 24 heavy (non-hydrogen) atoms. The van der Waals surface area contributed by atoms with Crippen LogP contribution in [0.2, 0.25) is 16.6 Å². The van der Waals surface area contributed by atoms with E-state index in [2.05, 4.69) is 53.7 Å². The second-order valence-corrected chi connectivity index (χ2v) is 16.4. The van der Waals surface area contributed by atoms with Gasteiger partial charge in [0.25, 0.3) is 0 Å². The Bertz CT molecular complexity index is 508. The Morgan fingerprint density at radius 1 is 0.958 bits per heavy atom. The molecule has 2 nitrogen and oxygen atoms in total. The van der Waals surface area contributed by atoms with Crippen molar-refractivity contribution in [1.29, 1.82) is 0 Å². The fraction of sp³-hybridized carbons (Fsp3) is 0.789. The number of thiophene rings is 1. The smallest absolute Gasteiger partial charge is 0.319 e. The van der Waals surface area contributed by atoms with E-state index in [0.717, 1.165) is 16.6 Å². The van der Waals surface area contributed by atoms with E-state index in [1.54, 1.807) is 18.3 Å². The Hall–Kier alpha value is -0.0982. The quantitative estimate of drug-likeness (QED) is 0.698. The first-order valence-corrected chi connectivity index (χ1v) is 12.3. The molecule has 0 bridgehead atoms. The minimum atomic E-state index is -1.58. The first kappa shape index (κ1) is 21.9. The summed E-state index contributed by atoms with van der Waals surface area (Å²) in [5.74, 6) is 0. The molecule has 0 aliphatic carbocycles. The highest BCUT2D eigenvalue weighted by Gasteiger charge is 2.45. The van der Waals surface area contributed by atoms with Crippen LogP contribution >= 0.6 is 11.3 Å². The van der Waals surface area contributed by atoms with Crippen molar-refractivity contribution >= 4 is 36.2 Å². The summed E-state index contributed by atoms with van der Waals surface area (Å²) in [4.78, 5) is 0. The molecule has 0 aromatic carbocycles. The van der Waals surface area contributed by atoms with Gasteiger partial charge in [-0.2, -0.15) is 11.3 Å². The summed E-state index contributed by atoms with van der Waals surface area (Å²) >= 11 is 1.93. The molecule has 0 spiro atoms. The molecule has 0 saturated carbocycles. The average molecular weight is 368 g/mol. The van der Waals surface area contributed by atoms with Crippen LogP contribution < -0.4 is 9.28 Å². The lowest BCUT2D eigenvalue weighted by Crippen LogP contribution is -2.54. The van der Waals surface area contributed by atoms with E-state index in [1.165, 1.54) is 4.78 Å². The highest BCUT2D eigenvalue weighted by molar-refractivity contribution is 7.33. The van der Waals surface area contributed by atoms with E-state index < -0.39 is 19.3 Å². The molecule has 0 aliphatic heterocycles. The van der Waals surface area contributed by atoms with Gasteiger partial charge in [-0.15, -0.1) is 0 Å². The van der Waals surface area contributed by atoms with Crippen LogP contribution in [0.5, 0.6) is 0 Å². The third-order valence-electron chi connectivity index (χ3n) is 6.00. The largest absolute Gasteiger partial charge is 0.426 e. The maximum atomic E-state index is 10.3. The molecule has 1 rings (SSSR count). The van der Waals surface area contributed by atoms with Gasteiger partial charge in [-0.05, 0) is 48.8 Å². The fourth-order valence-corrected chi connectivity index (χ4v) is 13.9. The van der Waals surface area contributed by atoms with Gasteiger partial charge in [-0.25, -0.2) is 0 Å². The lowest BCUT2D eigenvalue weighted by atomic mass is 9.86. The molecule has 0 amide bonds. The van der Waals surface area contributed by atoms with Crippen LogP contribution in [-0.4, -0.2) is 31.9 Å². The van der Waals surface area contributed by atoms with Gasteiger partial charge in [0.15, 0.2) is 0 Å². The molecular formula is C19H37BO2SSi. The van der Waals surface area contributed by atoms with Crippen LogP contribution in [0.25, 0.3) is 0 Å². The number of hydrogen-bond acceptors (Lipinski definition) is 3. The van der Waals surface area contributed by atoms with E-state index in [1.807, 2.05) is 25.2 Å². The van der Waals surface area contributed by atoms with E-state index in [4.69, 9.17) is 4.65 Å². The van der Waals surface area contributed by atoms with Gasteiger partial charge < -0.3 is 9.76 Å². The summed E-state index contributed by atoms with van der Waals surface area (Å²) in [6, 6.07) is 4.59. The monoisotopic (exact) mass is 368 g/mol. The minimum absolute atomic E-state index is 0.570. The van der Waals surface area contributed by atoms with Crippen molar-refractivity contribution in [2.75, 3.05) is 0 Å². The average Bonchev–Trinajstić information content (AvgIpc) is 2.83. The second kappa shape index (κ2) is 7.65. The zero-order valence-electron chi connectivity index (χ0n) is 17.4. The summed E-state index contributed by atoms with van der Waals surface area (Å²) in [5.41, 5.74) is 0.729. The lowest BCUT2D eigenvalue weighted by Gasteiger charge is -2.42. The molecule has 1 aromatic heterocycles. The van der Waals surface area contributed by atoms with Gasteiger partial charge >= 0.3 is 7.48 Å². The summed E-state index contributed by atoms with van der Waals surface area (Å²) in [6.45, 7) is 21.9. The second-order valence-electron chi connectivity index (χ2n) is 9.02. The van der Waals surface area contributed by atoms with E-state index in [0.29, 0.717) is 7.48 Å². The third kappa shape index (κ3) is 4.17. The molecule has 1 heterocycles. The van der Waals surface area contributed by atoms with Crippen LogP contribution in [0.3, 0.4) is 0 Å². The van der Waals surface area contributed by atoms with Gasteiger partial charge in [0.1, 0.15) is 8.07 Å². The van der Waals surface area contributed by atoms with Crippen molar-refractivity contribution in [2.45, 2.75) is 97.1 Å². The molecule has 138 valence electrons. The molecule has 0 saturated heterocycles. The highest BCUT2D eigenvalue weighted by atomic mass is 32.1. The fourth-order valence-electron chi connectivity index (χ4n) is 3.97. The molecule has 1 N–H and O–H groups in total. The van der Waals surface area contributed by atoms with Crippen molar-refractivity contribution in [1.82, 2.24) is 0 Å². The highest BCUT2D eigenvalue weighted by Crippen LogP contribution is 2.41. The number of hydrogen-bond donors (Lipinski definition) is 1. The summed E-state index contributed by atoms with van der Waals surface area (Å²) in [6.07, 6.45) is 0. The Morgan fingerprint density at radius 2 is 1.42 bits per heavy atom. The molecule has 0 radical (unpaired) electrons. The Labute approximate surface area is 155 Å². The van der Waals surface area contributed by atoms with Crippen molar-refractivity contribution in [3.8, 4) is 0 Å². The van der Waals surface area contributed by atoms with Gasteiger partial charge in [0.05, 0.1) is 11.2 Å². The zero-order chi connectivity index (χ0) is 18.9. The first-order chi connectivity index (χ1) is 10.8. The summed E-state index contributed by atoms with van der Waals surface area (Å²) < 4.78 is 8.93. The predicted octanol–water partition coefficient (Wildman–Crippen LogP) is 4.18. The molecule has 0 fully saturated rings. The van der Waals surface area contributed by atoms with Crippen molar-refractivity contribution in [2.24, 2.45) is 0 Å². The third-order valence-corrected chi connectivity index (χ3v) is 15.0. The van der Waals surface area contributed by atoms with Crippen molar-refractivity contribution < 1.29 is 9.76 Å². The topological polar surface area (TPSA) is 29.5 Å². The minimum Gasteiger partial charge on any atom is -0.426 e. The Balaban J connectivity index is 3.07. The summed E-state index contributed by atoms with van der Waals surface area (Å²) in [7, 11) is -1.01. The molecular weight excluding hydrogens is 331 g/mol. The van der Waals surface area contributed by atoms with Crippen molar-refractivity contribution in [3.05, 3.63) is 12.1 Å². The number of aliphatic hydroxyl groups is 1. The molecule has 5 heteroatoms. The molecule has 0 aliphatic rings. The summed E-state index contributed by atoms with van der Waals surface area (Å²) in [5, 5.41) is 10.3. The molecule has 1 aromatic rings. The van der Waals surface area contributed by atoms with E-state index in [-0.39, 0.29) is 0 Å². The van der Waals surface area contributed by atoms with Gasteiger partial charge in [-0.1, -0.05) is 53.7 Å². The maximum Gasteiger partial charge on any atom is 0.319 e. The van der Waals surface area contributed by atoms with E-state index >= 15 is 0 Å². The zero-order valence-corrected chi connectivity index (χ0v) is 19.2.